The fourth-order valence-corrected chi connectivity index (χ4v) is 3.60. The maximum absolute atomic E-state index is 11.6. The lowest BCUT2D eigenvalue weighted by Gasteiger charge is -2.18. The third-order valence-electron chi connectivity index (χ3n) is 4.58. The van der Waals surface area contributed by atoms with E-state index < -0.39 is 23.9 Å². The van der Waals surface area contributed by atoms with Gasteiger partial charge in [0.1, 0.15) is 18.2 Å². The van der Waals surface area contributed by atoms with Crippen molar-refractivity contribution in [1.29, 1.82) is 0 Å². The number of nitrogens with zero attached hydrogens (tertiary/aromatic N) is 2. The van der Waals surface area contributed by atoms with Gasteiger partial charge in [-0.1, -0.05) is 30.0 Å². The zero-order valence-electron chi connectivity index (χ0n) is 22.1. The number of aromatic nitrogens is 1. The third-order valence-corrected chi connectivity index (χ3v) is 5.57. The van der Waals surface area contributed by atoms with Gasteiger partial charge in [0.25, 0.3) is 5.24 Å². The molecule has 0 saturated carbocycles. The molecule has 226 valence electrons. The predicted octanol–water partition coefficient (Wildman–Crippen LogP) is 1.09. The number of ether oxygens (including phenoxy) is 1. The number of carbonyl (C=O) groups is 6. The largest absolute Gasteiger partial charge is 0.492 e. The molecule has 1 fully saturated rings. The van der Waals surface area contributed by atoms with Crippen molar-refractivity contribution >= 4 is 52.6 Å². The van der Waals surface area contributed by atoms with E-state index in [1.54, 1.807) is 6.20 Å². The van der Waals surface area contributed by atoms with Crippen molar-refractivity contribution in [3.63, 3.8) is 0 Å². The molecule has 1 aliphatic rings. The maximum Gasteiger partial charge on any atom is 0.328 e. The van der Waals surface area contributed by atoms with Crippen LogP contribution < -0.4 is 15.0 Å². The minimum absolute atomic E-state index is 0. The van der Waals surface area contributed by atoms with E-state index in [4.69, 9.17) is 25.2 Å². The van der Waals surface area contributed by atoms with Crippen LogP contribution in [0, 0.1) is 0 Å². The molecule has 15 nitrogen and oxygen atoms in total. The molecular formula is C26H29N3O12S. The van der Waals surface area contributed by atoms with Crippen molar-refractivity contribution in [2.24, 2.45) is 0 Å². The molecular weight excluding hydrogens is 578 g/mol. The number of rotatable bonds is 11. The van der Waals surface area contributed by atoms with Gasteiger partial charge in [0, 0.05) is 37.5 Å². The molecule has 16 heteroatoms. The fraction of sp³-hybridized carbons (Fsp3) is 0.192. The van der Waals surface area contributed by atoms with Crippen molar-refractivity contribution in [3.8, 4) is 5.75 Å². The number of hydrogen-bond acceptors (Lipinski definition) is 10. The first kappa shape index (κ1) is 36.8. The van der Waals surface area contributed by atoms with Gasteiger partial charge in [0.2, 0.25) is 5.91 Å². The van der Waals surface area contributed by atoms with Crippen LogP contribution in [0.5, 0.6) is 5.75 Å². The topological polar surface area (TPSA) is 252 Å². The molecule has 7 N–H and O–H groups in total. The molecule has 42 heavy (non-hydrogen) atoms. The number of pyridine rings is 1. The highest BCUT2D eigenvalue weighted by atomic mass is 32.2. The van der Waals surface area contributed by atoms with Crippen LogP contribution in [0.15, 0.2) is 73.0 Å². The molecule has 1 saturated heterocycles. The molecule has 3 rings (SSSR count). The highest BCUT2D eigenvalue weighted by molar-refractivity contribution is 8.15. The highest BCUT2D eigenvalue weighted by Crippen LogP contribution is 2.23. The number of benzene rings is 1. The Morgan fingerprint density at radius 3 is 1.83 bits per heavy atom. The summed E-state index contributed by atoms with van der Waals surface area (Å²) < 4.78 is 5.75. The Hall–Kier alpha value is -5.22. The first-order valence-corrected chi connectivity index (χ1v) is 12.4. The number of imide groups is 1. The van der Waals surface area contributed by atoms with Crippen LogP contribution in [-0.2, 0) is 30.4 Å². The molecule has 0 aliphatic carbocycles. The lowest BCUT2D eigenvalue weighted by molar-refractivity contribution is -0.134. The van der Waals surface area contributed by atoms with Crippen LogP contribution in [0.25, 0.3) is 0 Å². The maximum atomic E-state index is 11.6. The van der Waals surface area contributed by atoms with E-state index in [1.165, 1.54) is 0 Å². The number of thioether (sulfide) groups is 1. The Morgan fingerprint density at radius 2 is 1.43 bits per heavy atom. The van der Waals surface area contributed by atoms with Gasteiger partial charge in [-0.2, -0.15) is 0 Å². The monoisotopic (exact) mass is 607 g/mol. The molecule has 1 aromatic heterocycles. The molecule has 2 amide bonds. The van der Waals surface area contributed by atoms with Gasteiger partial charge in [-0.15, -0.1) is 0 Å². The average molecular weight is 608 g/mol. The molecule has 1 unspecified atom stereocenters. The van der Waals surface area contributed by atoms with E-state index in [1.807, 2.05) is 54.4 Å². The molecule has 0 radical (unpaired) electrons. The number of carboxylic acid groups (broad SMARTS) is 4. The highest BCUT2D eigenvalue weighted by Gasteiger charge is 2.31. The van der Waals surface area contributed by atoms with E-state index >= 15 is 0 Å². The number of carbonyl (C=O) groups excluding carboxylic acids is 2. The summed E-state index contributed by atoms with van der Waals surface area (Å²) in [4.78, 5) is 67.3. The number of carboxylic acids is 4. The van der Waals surface area contributed by atoms with Gasteiger partial charge in [-0.25, -0.2) is 24.2 Å². The smallest absolute Gasteiger partial charge is 0.328 e. The van der Waals surface area contributed by atoms with Gasteiger partial charge >= 0.3 is 23.9 Å². The van der Waals surface area contributed by atoms with Crippen LogP contribution in [0.3, 0.4) is 0 Å². The summed E-state index contributed by atoms with van der Waals surface area (Å²) in [6, 6.07) is 13.4. The van der Waals surface area contributed by atoms with E-state index in [0.29, 0.717) is 37.3 Å². The van der Waals surface area contributed by atoms with Crippen LogP contribution >= 0.6 is 11.8 Å². The Balaban J connectivity index is 0.000000820. The summed E-state index contributed by atoms with van der Waals surface area (Å²) in [6.07, 6.45) is 4.53. The summed E-state index contributed by atoms with van der Waals surface area (Å²) in [7, 11) is 1.97. The van der Waals surface area contributed by atoms with Gasteiger partial charge in [-0.05, 0) is 36.2 Å². The van der Waals surface area contributed by atoms with Crippen LogP contribution in [0.1, 0.15) is 5.56 Å². The summed E-state index contributed by atoms with van der Waals surface area (Å²) >= 11 is 1.05. The van der Waals surface area contributed by atoms with Gasteiger partial charge in [-0.3, -0.25) is 14.9 Å². The quantitative estimate of drug-likeness (QED) is 0.224. The number of aliphatic carboxylic acids is 4. The zero-order chi connectivity index (χ0) is 30.8. The average Bonchev–Trinajstić information content (AvgIpc) is 3.24. The minimum atomic E-state index is -1.26. The SMILES string of the molecule is CN(CCOc1ccc(CC2SC(=O)NC2=O)cc1)c1ccccn1.O.O=C(O)C=CC(=O)O.O=C(O)C=CC(=O)O. The molecule has 1 aliphatic heterocycles. The third kappa shape index (κ3) is 16.7. The molecule has 1 aromatic carbocycles. The first-order valence-electron chi connectivity index (χ1n) is 11.5. The van der Waals surface area contributed by atoms with E-state index in [9.17, 15) is 28.8 Å². The Bertz CT molecular complexity index is 1200. The standard InChI is InChI=1S/C18H19N3O3S.2C4H4O4.H2O/c1-21(16-4-2-3-9-19-16)10-11-24-14-7-5-13(6-8-14)12-15-17(22)20-18(23)25-15;2*5-3(6)1-2-4(7)8;/h2-9,15H,10-12H2,1H3,(H,20,22,23);2*1-2H,(H,5,6)(H,7,8);1H2. The van der Waals surface area contributed by atoms with Gasteiger partial charge in [0.05, 0.1) is 11.8 Å². The van der Waals surface area contributed by atoms with E-state index in [2.05, 4.69) is 10.3 Å². The van der Waals surface area contributed by atoms with Crippen LogP contribution in [0.2, 0.25) is 0 Å². The summed E-state index contributed by atoms with van der Waals surface area (Å²) in [5.41, 5.74) is 1.00. The molecule has 0 bridgehead atoms. The lowest BCUT2D eigenvalue weighted by Crippen LogP contribution is -2.25. The normalized spacial score (nSPS) is 13.5. The number of anilines is 1. The second-order valence-corrected chi connectivity index (χ2v) is 8.88. The second kappa shape index (κ2) is 19.8. The number of amides is 2. The molecule has 2 heterocycles. The Kier molecular flexibility index (Phi) is 17.3. The van der Waals surface area contributed by atoms with Crippen molar-refractivity contribution in [2.75, 3.05) is 25.1 Å². The Morgan fingerprint density at radius 1 is 0.905 bits per heavy atom. The molecule has 1 atom stereocenters. The van der Waals surface area contributed by atoms with E-state index in [0.717, 1.165) is 35.4 Å². The van der Waals surface area contributed by atoms with E-state index in [-0.39, 0.29) is 21.9 Å². The van der Waals surface area contributed by atoms with Crippen LogP contribution in [-0.4, -0.2) is 91.4 Å². The minimum Gasteiger partial charge on any atom is -0.492 e. The Labute approximate surface area is 243 Å². The number of nitrogens with one attached hydrogen (secondary N) is 1. The zero-order valence-corrected chi connectivity index (χ0v) is 22.9. The fourth-order valence-electron chi connectivity index (χ4n) is 2.74. The summed E-state index contributed by atoms with van der Waals surface area (Å²) in [5, 5.41) is 32.9. The van der Waals surface area contributed by atoms with Crippen molar-refractivity contribution in [3.05, 3.63) is 78.5 Å². The number of hydrogen-bond donors (Lipinski definition) is 5. The summed E-state index contributed by atoms with van der Waals surface area (Å²) in [5.74, 6) is -3.56. The first-order chi connectivity index (χ1) is 19.4. The predicted molar refractivity (Wildman–Crippen MR) is 151 cm³/mol. The van der Waals surface area contributed by atoms with Crippen LogP contribution in [0.4, 0.5) is 10.6 Å². The van der Waals surface area contributed by atoms with Gasteiger partial charge in [0.15, 0.2) is 0 Å². The van der Waals surface area contributed by atoms with Crippen molar-refractivity contribution < 1.29 is 59.4 Å². The van der Waals surface area contributed by atoms with Crippen molar-refractivity contribution in [2.45, 2.75) is 11.7 Å². The molecule has 2 aromatic rings. The second-order valence-electron chi connectivity index (χ2n) is 7.71. The molecule has 0 spiro atoms. The lowest BCUT2D eigenvalue weighted by atomic mass is 10.1. The summed E-state index contributed by atoms with van der Waals surface area (Å²) in [6.45, 7) is 1.27. The van der Waals surface area contributed by atoms with Crippen molar-refractivity contribution in [1.82, 2.24) is 10.3 Å². The van der Waals surface area contributed by atoms with Gasteiger partial charge < -0.3 is 35.5 Å². The number of likely N-dealkylation sites (N-methyl/N-ethyl adjacent to an activating group) is 1.